The van der Waals surface area contributed by atoms with Crippen LogP contribution in [-0.4, -0.2) is 33.2 Å². The summed E-state index contributed by atoms with van der Waals surface area (Å²) >= 11 is 0. The topological polar surface area (TPSA) is 45.6 Å². The lowest BCUT2D eigenvalue weighted by Gasteiger charge is -2.45. The molecule has 0 spiro atoms. The molecule has 0 saturated carbocycles. The van der Waals surface area contributed by atoms with E-state index in [1.807, 2.05) is 57.2 Å². The molecule has 0 saturated heterocycles. The predicted molar refractivity (Wildman–Crippen MR) is 117 cm³/mol. The second kappa shape index (κ2) is 8.61. The number of rotatable bonds is 8. The molecule has 1 amide bonds. The summed E-state index contributed by atoms with van der Waals surface area (Å²) < 4.78 is 0. The number of hydrogen-bond acceptors (Lipinski definition) is 3. The van der Waals surface area contributed by atoms with E-state index in [1.54, 1.807) is 35.5 Å². The van der Waals surface area contributed by atoms with E-state index in [0.717, 1.165) is 23.1 Å². The highest BCUT2D eigenvalue weighted by molar-refractivity contribution is 6.07. The average molecular weight is 374 g/mol. The normalized spacial score (nSPS) is 25.5. The first-order valence-electron chi connectivity index (χ1n) is 9.11. The summed E-state index contributed by atoms with van der Waals surface area (Å²) in [6.07, 6.45) is 17.1. The molecule has 0 aliphatic carbocycles. The van der Waals surface area contributed by atoms with Crippen LogP contribution in [0.15, 0.2) is 103 Å². The van der Waals surface area contributed by atoms with Crippen molar-refractivity contribution in [2.24, 2.45) is 4.99 Å². The summed E-state index contributed by atoms with van der Waals surface area (Å²) in [6.45, 7) is 17.5. The number of aliphatic imine (C=N–C) groups is 1. The van der Waals surface area contributed by atoms with Crippen molar-refractivity contribution in [1.82, 2.24) is 9.88 Å². The van der Waals surface area contributed by atoms with Crippen LogP contribution >= 0.6 is 0 Å². The van der Waals surface area contributed by atoms with E-state index < -0.39 is 11.1 Å². The molecule has 4 heteroatoms. The van der Waals surface area contributed by atoms with E-state index in [1.165, 1.54) is 0 Å². The van der Waals surface area contributed by atoms with Crippen molar-refractivity contribution >= 4 is 12.2 Å². The SMILES string of the molecule is C=C/C=C\C(=C/C)[C@]1(C)N=C(c2cccnc2)N(C=O)[C@]1(C)/C(C=C)=C/C=C. The molecule has 0 radical (unpaired) electrons. The number of amides is 1. The van der Waals surface area contributed by atoms with Gasteiger partial charge in [-0.1, -0.05) is 62.3 Å². The highest BCUT2D eigenvalue weighted by Gasteiger charge is 2.57. The minimum atomic E-state index is -0.816. The zero-order chi connectivity index (χ0) is 20.8. The highest BCUT2D eigenvalue weighted by atomic mass is 16.1. The third-order valence-corrected chi connectivity index (χ3v) is 5.38. The van der Waals surface area contributed by atoms with Gasteiger partial charge in [-0.3, -0.25) is 19.7 Å². The number of carbonyl (C=O) groups excluding carboxylic acids is 1. The van der Waals surface area contributed by atoms with Gasteiger partial charge in [0.05, 0.1) is 0 Å². The maximum atomic E-state index is 12.3. The smallest absolute Gasteiger partial charge is 0.216 e. The van der Waals surface area contributed by atoms with Gasteiger partial charge in [-0.15, -0.1) is 0 Å². The number of carbonyl (C=O) groups is 1. The summed E-state index contributed by atoms with van der Waals surface area (Å²) in [5.74, 6) is 0.566. The van der Waals surface area contributed by atoms with E-state index in [4.69, 9.17) is 4.99 Å². The van der Waals surface area contributed by atoms with E-state index in [0.29, 0.717) is 5.84 Å². The number of amidine groups is 1. The fourth-order valence-corrected chi connectivity index (χ4v) is 3.71. The summed E-state index contributed by atoms with van der Waals surface area (Å²) in [7, 11) is 0. The van der Waals surface area contributed by atoms with Crippen LogP contribution in [0.1, 0.15) is 26.3 Å². The third kappa shape index (κ3) is 3.22. The monoisotopic (exact) mass is 373 g/mol. The standard InChI is InChI=1S/C24H27N3O/c1-7-11-15-20(9-3)23(5)24(6,21(10-4)13-8-2)27(18-28)22(26-23)19-14-12-16-25-17-19/h7-18H,1-2,4H2,3,5-6H3/b15-11-,20-9+,21-13+/t23-,24+/m0/s1. The summed E-state index contributed by atoms with van der Waals surface area (Å²) in [5, 5.41) is 0. The van der Waals surface area contributed by atoms with Crippen LogP contribution in [0.4, 0.5) is 0 Å². The first-order valence-corrected chi connectivity index (χ1v) is 9.11. The summed E-state index contributed by atoms with van der Waals surface area (Å²) in [5.41, 5.74) is 0.984. The lowest BCUT2D eigenvalue weighted by Crippen LogP contribution is -2.57. The lowest BCUT2D eigenvalue weighted by atomic mass is 9.69. The molecular weight excluding hydrogens is 346 g/mol. The Balaban J connectivity index is 2.87. The van der Waals surface area contributed by atoms with Gasteiger partial charge in [-0.05, 0) is 44.1 Å². The van der Waals surface area contributed by atoms with Crippen LogP contribution in [0.5, 0.6) is 0 Å². The number of aromatic nitrogens is 1. The summed E-state index contributed by atoms with van der Waals surface area (Å²) in [4.78, 5) is 23.2. The molecule has 0 N–H and O–H groups in total. The third-order valence-electron chi connectivity index (χ3n) is 5.38. The van der Waals surface area contributed by atoms with E-state index in [9.17, 15) is 4.79 Å². The second-order valence-corrected chi connectivity index (χ2v) is 6.70. The molecule has 1 aromatic rings. The molecule has 1 aliphatic heterocycles. The van der Waals surface area contributed by atoms with Crippen molar-refractivity contribution in [1.29, 1.82) is 0 Å². The van der Waals surface area contributed by atoms with Gasteiger partial charge in [-0.25, -0.2) is 0 Å². The number of allylic oxidation sites excluding steroid dienone is 5. The van der Waals surface area contributed by atoms with Crippen LogP contribution < -0.4 is 0 Å². The molecule has 2 atom stereocenters. The Morgan fingerprint density at radius 2 is 1.93 bits per heavy atom. The minimum absolute atomic E-state index is 0.566. The average Bonchev–Trinajstić information content (AvgIpc) is 2.95. The highest BCUT2D eigenvalue weighted by Crippen LogP contribution is 2.48. The van der Waals surface area contributed by atoms with Crippen LogP contribution in [-0.2, 0) is 4.79 Å². The Kier molecular flexibility index (Phi) is 6.47. The van der Waals surface area contributed by atoms with E-state index in [2.05, 4.69) is 24.7 Å². The molecule has 0 unspecified atom stereocenters. The van der Waals surface area contributed by atoms with Crippen LogP contribution in [0.25, 0.3) is 0 Å². The molecule has 2 rings (SSSR count). The van der Waals surface area contributed by atoms with Gasteiger partial charge in [0.1, 0.15) is 16.9 Å². The van der Waals surface area contributed by atoms with Crippen molar-refractivity contribution in [3.8, 4) is 0 Å². The number of nitrogens with zero attached hydrogens (tertiary/aromatic N) is 3. The molecule has 28 heavy (non-hydrogen) atoms. The van der Waals surface area contributed by atoms with Crippen LogP contribution in [0, 0.1) is 0 Å². The number of hydrogen-bond donors (Lipinski definition) is 0. The first kappa shape index (κ1) is 21.0. The maximum Gasteiger partial charge on any atom is 0.216 e. The zero-order valence-electron chi connectivity index (χ0n) is 16.8. The van der Waals surface area contributed by atoms with Crippen molar-refractivity contribution in [2.75, 3.05) is 0 Å². The minimum Gasteiger partial charge on any atom is -0.286 e. The van der Waals surface area contributed by atoms with Gasteiger partial charge in [0.25, 0.3) is 0 Å². The van der Waals surface area contributed by atoms with Gasteiger partial charge in [0.2, 0.25) is 6.41 Å². The zero-order valence-corrected chi connectivity index (χ0v) is 16.8. The van der Waals surface area contributed by atoms with E-state index in [-0.39, 0.29) is 0 Å². The van der Waals surface area contributed by atoms with Gasteiger partial charge in [0, 0.05) is 18.0 Å². The lowest BCUT2D eigenvalue weighted by molar-refractivity contribution is -0.117. The van der Waals surface area contributed by atoms with Gasteiger partial charge >= 0.3 is 0 Å². The molecule has 2 heterocycles. The number of pyridine rings is 1. The second-order valence-electron chi connectivity index (χ2n) is 6.70. The molecule has 4 nitrogen and oxygen atoms in total. The Labute approximate surface area is 167 Å². The largest absolute Gasteiger partial charge is 0.286 e. The van der Waals surface area contributed by atoms with Gasteiger partial charge in [-0.2, -0.15) is 0 Å². The first-order chi connectivity index (χ1) is 13.4. The van der Waals surface area contributed by atoms with Crippen molar-refractivity contribution in [2.45, 2.75) is 31.8 Å². The molecular formula is C24H27N3O. The van der Waals surface area contributed by atoms with Gasteiger partial charge < -0.3 is 0 Å². The van der Waals surface area contributed by atoms with Crippen molar-refractivity contribution in [3.63, 3.8) is 0 Å². The van der Waals surface area contributed by atoms with Crippen LogP contribution in [0.3, 0.4) is 0 Å². The van der Waals surface area contributed by atoms with Crippen molar-refractivity contribution in [3.05, 3.63) is 104 Å². The molecule has 0 fully saturated rings. The maximum absolute atomic E-state index is 12.3. The Morgan fingerprint density at radius 3 is 2.43 bits per heavy atom. The van der Waals surface area contributed by atoms with Crippen molar-refractivity contribution < 1.29 is 4.79 Å². The Bertz CT molecular complexity index is 892. The molecule has 0 aromatic carbocycles. The molecule has 1 aliphatic rings. The van der Waals surface area contributed by atoms with Crippen LogP contribution in [0.2, 0.25) is 0 Å². The van der Waals surface area contributed by atoms with E-state index >= 15 is 0 Å². The summed E-state index contributed by atoms with van der Waals surface area (Å²) in [6, 6.07) is 3.73. The Hall–Kier alpha value is -3.27. The fourth-order valence-electron chi connectivity index (χ4n) is 3.71. The molecule has 144 valence electrons. The predicted octanol–water partition coefficient (Wildman–Crippen LogP) is 4.80. The van der Waals surface area contributed by atoms with Gasteiger partial charge in [0.15, 0.2) is 0 Å². The molecule has 1 aromatic heterocycles. The Morgan fingerprint density at radius 1 is 1.18 bits per heavy atom. The fraction of sp³-hybridized carbons (Fsp3) is 0.208. The quantitative estimate of drug-likeness (QED) is 0.485. The molecule has 0 bridgehead atoms.